The Kier molecular flexibility index (Phi) is 3.30. The van der Waals surface area contributed by atoms with Gasteiger partial charge in [0.2, 0.25) is 0 Å². The normalized spacial score (nSPS) is 18.4. The molecule has 1 atom stereocenters. The number of nitrogens with zero attached hydrogens (tertiary/aromatic N) is 2. The SMILES string of the molecule is Cc1nc(C2(c3ccccc3)CCC2)ncc1C(C)O. The molecule has 0 saturated heterocycles. The Morgan fingerprint density at radius 1 is 1.20 bits per heavy atom. The van der Waals surface area contributed by atoms with Crippen LogP contribution < -0.4 is 0 Å². The van der Waals surface area contributed by atoms with Gasteiger partial charge in [-0.05, 0) is 32.3 Å². The Morgan fingerprint density at radius 2 is 1.90 bits per heavy atom. The van der Waals surface area contributed by atoms with Gasteiger partial charge in [0.15, 0.2) is 0 Å². The molecule has 20 heavy (non-hydrogen) atoms. The van der Waals surface area contributed by atoms with Crippen LogP contribution in [0.25, 0.3) is 0 Å². The molecule has 0 bridgehead atoms. The fourth-order valence-electron chi connectivity index (χ4n) is 3.05. The summed E-state index contributed by atoms with van der Waals surface area (Å²) < 4.78 is 0. The highest BCUT2D eigenvalue weighted by Crippen LogP contribution is 2.47. The molecule has 1 aliphatic carbocycles. The van der Waals surface area contributed by atoms with Gasteiger partial charge in [0.05, 0.1) is 11.5 Å². The molecule has 0 spiro atoms. The van der Waals surface area contributed by atoms with Gasteiger partial charge < -0.3 is 5.11 Å². The van der Waals surface area contributed by atoms with E-state index in [1.807, 2.05) is 13.0 Å². The van der Waals surface area contributed by atoms with Crippen LogP contribution in [0.15, 0.2) is 36.5 Å². The van der Waals surface area contributed by atoms with Crippen LogP contribution in [-0.2, 0) is 5.41 Å². The van der Waals surface area contributed by atoms with Gasteiger partial charge in [-0.15, -0.1) is 0 Å². The average molecular weight is 268 g/mol. The molecule has 1 aliphatic rings. The van der Waals surface area contributed by atoms with Crippen molar-refractivity contribution in [2.24, 2.45) is 0 Å². The van der Waals surface area contributed by atoms with E-state index in [9.17, 15) is 5.11 Å². The number of rotatable bonds is 3. The van der Waals surface area contributed by atoms with E-state index in [4.69, 9.17) is 4.98 Å². The number of aryl methyl sites for hydroxylation is 1. The van der Waals surface area contributed by atoms with Crippen molar-refractivity contribution in [3.8, 4) is 0 Å². The van der Waals surface area contributed by atoms with Crippen molar-refractivity contribution in [2.45, 2.75) is 44.6 Å². The fourth-order valence-corrected chi connectivity index (χ4v) is 3.05. The number of benzene rings is 1. The molecule has 1 saturated carbocycles. The zero-order valence-electron chi connectivity index (χ0n) is 12.0. The highest BCUT2D eigenvalue weighted by Gasteiger charge is 2.43. The van der Waals surface area contributed by atoms with E-state index >= 15 is 0 Å². The lowest BCUT2D eigenvalue weighted by Gasteiger charge is -2.41. The number of hydrogen-bond donors (Lipinski definition) is 1. The lowest BCUT2D eigenvalue weighted by atomic mass is 9.64. The van der Waals surface area contributed by atoms with Crippen molar-refractivity contribution in [2.75, 3.05) is 0 Å². The quantitative estimate of drug-likeness (QED) is 0.929. The second-order valence-corrected chi connectivity index (χ2v) is 5.71. The van der Waals surface area contributed by atoms with Gasteiger partial charge >= 0.3 is 0 Å². The molecule has 0 aliphatic heterocycles. The molecule has 3 rings (SSSR count). The first-order valence-corrected chi connectivity index (χ1v) is 7.21. The van der Waals surface area contributed by atoms with Crippen molar-refractivity contribution >= 4 is 0 Å². The molecule has 1 heterocycles. The molecule has 0 amide bonds. The largest absolute Gasteiger partial charge is 0.389 e. The zero-order valence-corrected chi connectivity index (χ0v) is 12.0. The van der Waals surface area contributed by atoms with Crippen molar-refractivity contribution in [1.29, 1.82) is 0 Å². The Bertz CT molecular complexity index is 604. The van der Waals surface area contributed by atoms with Crippen LogP contribution in [0.2, 0.25) is 0 Å². The van der Waals surface area contributed by atoms with Gasteiger partial charge in [-0.1, -0.05) is 36.8 Å². The fraction of sp³-hybridized carbons (Fsp3) is 0.412. The highest BCUT2D eigenvalue weighted by molar-refractivity contribution is 5.36. The second-order valence-electron chi connectivity index (χ2n) is 5.71. The predicted octanol–water partition coefficient (Wildman–Crippen LogP) is 3.31. The maximum absolute atomic E-state index is 9.71. The standard InChI is InChI=1S/C17H20N2O/c1-12-15(13(2)20)11-18-16(19-12)17(9-6-10-17)14-7-4-3-5-8-14/h3-5,7-8,11,13,20H,6,9-10H2,1-2H3. The first kappa shape index (κ1) is 13.3. The van der Waals surface area contributed by atoms with Gasteiger partial charge in [0, 0.05) is 17.5 Å². The Morgan fingerprint density at radius 3 is 2.40 bits per heavy atom. The maximum atomic E-state index is 9.71. The van der Waals surface area contributed by atoms with Crippen LogP contribution in [0, 0.1) is 6.92 Å². The summed E-state index contributed by atoms with van der Waals surface area (Å²) in [5, 5.41) is 9.71. The third-order valence-corrected chi connectivity index (χ3v) is 4.43. The summed E-state index contributed by atoms with van der Waals surface area (Å²) in [6.45, 7) is 3.70. The summed E-state index contributed by atoms with van der Waals surface area (Å²) >= 11 is 0. The second kappa shape index (κ2) is 4.98. The van der Waals surface area contributed by atoms with E-state index in [0.717, 1.165) is 29.9 Å². The molecule has 1 fully saturated rings. The van der Waals surface area contributed by atoms with Crippen LogP contribution in [-0.4, -0.2) is 15.1 Å². The molecular weight excluding hydrogens is 248 g/mol. The molecule has 1 unspecified atom stereocenters. The van der Waals surface area contributed by atoms with Crippen LogP contribution in [0.1, 0.15) is 54.9 Å². The monoisotopic (exact) mass is 268 g/mol. The van der Waals surface area contributed by atoms with Crippen LogP contribution in [0.3, 0.4) is 0 Å². The Labute approximate surface area is 119 Å². The predicted molar refractivity (Wildman–Crippen MR) is 78.5 cm³/mol. The summed E-state index contributed by atoms with van der Waals surface area (Å²) in [5.41, 5.74) is 2.97. The molecule has 0 radical (unpaired) electrons. The van der Waals surface area contributed by atoms with Crippen molar-refractivity contribution in [3.05, 3.63) is 59.2 Å². The summed E-state index contributed by atoms with van der Waals surface area (Å²) in [6.07, 6.45) is 4.69. The molecule has 2 aromatic rings. The van der Waals surface area contributed by atoms with E-state index < -0.39 is 6.10 Å². The summed E-state index contributed by atoms with van der Waals surface area (Å²) in [6, 6.07) is 10.5. The van der Waals surface area contributed by atoms with Gasteiger partial charge in [-0.25, -0.2) is 9.97 Å². The first-order valence-electron chi connectivity index (χ1n) is 7.21. The lowest BCUT2D eigenvalue weighted by molar-refractivity contribution is 0.196. The van der Waals surface area contributed by atoms with Crippen LogP contribution in [0.5, 0.6) is 0 Å². The van der Waals surface area contributed by atoms with Gasteiger partial charge in [0.25, 0.3) is 0 Å². The van der Waals surface area contributed by atoms with Crippen LogP contribution in [0.4, 0.5) is 0 Å². The van der Waals surface area contributed by atoms with E-state index in [0.29, 0.717) is 0 Å². The van der Waals surface area contributed by atoms with Crippen molar-refractivity contribution < 1.29 is 5.11 Å². The molecule has 1 aromatic carbocycles. The number of aromatic nitrogens is 2. The molecule has 1 N–H and O–H groups in total. The zero-order chi connectivity index (χ0) is 14.2. The highest BCUT2D eigenvalue weighted by atomic mass is 16.3. The van der Waals surface area contributed by atoms with E-state index in [2.05, 4.69) is 29.2 Å². The number of aliphatic hydroxyl groups is 1. The van der Waals surface area contributed by atoms with Gasteiger partial charge in [-0.2, -0.15) is 0 Å². The molecule has 104 valence electrons. The van der Waals surface area contributed by atoms with Crippen molar-refractivity contribution in [1.82, 2.24) is 9.97 Å². The van der Waals surface area contributed by atoms with Crippen molar-refractivity contribution in [3.63, 3.8) is 0 Å². The van der Waals surface area contributed by atoms with Gasteiger partial charge in [-0.3, -0.25) is 0 Å². The van der Waals surface area contributed by atoms with E-state index in [1.165, 1.54) is 12.0 Å². The van der Waals surface area contributed by atoms with Crippen LogP contribution >= 0.6 is 0 Å². The van der Waals surface area contributed by atoms with Gasteiger partial charge in [0.1, 0.15) is 5.82 Å². The third kappa shape index (κ3) is 2.02. The first-order chi connectivity index (χ1) is 9.63. The maximum Gasteiger partial charge on any atom is 0.139 e. The summed E-state index contributed by atoms with van der Waals surface area (Å²) in [4.78, 5) is 9.25. The number of aliphatic hydroxyl groups excluding tert-OH is 1. The topological polar surface area (TPSA) is 46.0 Å². The van der Waals surface area contributed by atoms with E-state index in [1.54, 1.807) is 13.1 Å². The molecule has 3 heteroatoms. The smallest absolute Gasteiger partial charge is 0.139 e. The Hall–Kier alpha value is -1.74. The minimum atomic E-state index is -0.516. The number of hydrogen-bond acceptors (Lipinski definition) is 3. The summed E-state index contributed by atoms with van der Waals surface area (Å²) in [5.74, 6) is 0.900. The minimum Gasteiger partial charge on any atom is -0.389 e. The average Bonchev–Trinajstić information content (AvgIpc) is 2.38. The summed E-state index contributed by atoms with van der Waals surface area (Å²) in [7, 11) is 0. The Balaban J connectivity index is 2.05. The third-order valence-electron chi connectivity index (χ3n) is 4.43. The van der Waals surface area contributed by atoms with E-state index in [-0.39, 0.29) is 5.41 Å². The molecular formula is C17H20N2O. The minimum absolute atomic E-state index is 0.0246. The molecule has 3 nitrogen and oxygen atoms in total. The molecule has 1 aromatic heterocycles. The lowest BCUT2D eigenvalue weighted by Crippen LogP contribution is -2.37.